The second kappa shape index (κ2) is 8.92. The van der Waals surface area contributed by atoms with Crippen molar-refractivity contribution in [2.45, 2.75) is 36.8 Å². The summed E-state index contributed by atoms with van der Waals surface area (Å²) in [6, 6.07) is 9.67. The van der Waals surface area contributed by atoms with Crippen molar-refractivity contribution < 1.29 is 21.6 Å². The third-order valence-corrected chi connectivity index (χ3v) is 7.90. The Morgan fingerprint density at radius 3 is 1.81 bits per heavy atom. The predicted molar refractivity (Wildman–Crippen MR) is 119 cm³/mol. The maximum absolute atomic E-state index is 12.7. The lowest BCUT2D eigenvalue weighted by Crippen LogP contribution is -2.41. The molecule has 0 atom stereocenters. The van der Waals surface area contributed by atoms with Gasteiger partial charge in [-0.25, -0.2) is 13.4 Å². The van der Waals surface area contributed by atoms with E-state index in [2.05, 4.69) is 14.8 Å². The van der Waals surface area contributed by atoms with Crippen LogP contribution < -0.4 is 9.80 Å². The summed E-state index contributed by atoms with van der Waals surface area (Å²) in [7, 11) is -3.18. The quantitative estimate of drug-likeness (QED) is 0.656. The molecule has 0 bridgehead atoms. The molecule has 0 unspecified atom stereocenters. The lowest BCUT2D eigenvalue weighted by Gasteiger charge is -2.41. The van der Waals surface area contributed by atoms with Gasteiger partial charge in [-0.2, -0.15) is 13.2 Å². The highest BCUT2D eigenvalue weighted by Gasteiger charge is 2.32. The van der Waals surface area contributed by atoms with E-state index in [1.165, 1.54) is 12.3 Å². The van der Waals surface area contributed by atoms with E-state index < -0.39 is 21.6 Å². The van der Waals surface area contributed by atoms with Crippen LogP contribution in [0.25, 0.3) is 0 Å². The molecule has 1 aromatic heterocycles. The van der Waals surface area contributed by atoms with Crippen LogP contribution in [-0.2, 0) is 16.0 Å². The molecule has 0 radical (unpaired) electrons. The Morgan fingerprint density at radius 2 is 1.38 bits per heavy atom. The molecule has 0 spiro atoms. The monoisotopic (exact) mass is 467 g/mol. The van der Waals surface area contributed by atoms with Crippen LogP contribution in [0.5, 0.6) is 0 Å². The smallest absolute Gasteiger partial charge is 0.372 e. The molecule has 0 aliphatic carbocycles. The highest BCUT2D eigenvalue weighted by molar-refractivity contribution is 7.90. The lowest BCUT2D eigenvalue weighted by atomic mass is 9.78. The van der Waals surface area contributed by atoms with Gasteiger partial charge in [-0.1, -0.05) is 0 Å². The Kier molecular flexibility index (Phi) is 6.38. The topological polar surface area (TPSA) is 53.5 Å². The van der Waals surface area contributed by atoms with Gasteiger partial charge in [-0.05, 0) is 73.9 Å². The van der Waals surface area contributed by atoms with Crippen LogP contribution in [0.15, 0.2) is 47.5 Å². The van der Waals surface area contributed by atoms with Gasteiger partial charge in [0, 0.05) is 44.3 Å². The van der Waals surface area contributed by atoms with Crippen LogP contribution in [0.4, 0.5) is 24.7 Å². The number of benzene rings is 1. The molecular weight excluding hydrogens is 439 g/mol. The number of rotatable bonds is 4. The van der Waals surface area contributed by atoms with E-state index in [0.717, 1.165) is 69.8 Å². The standard InChI is InChI=1S/C23H28F3N3O2S/c1-32(30,31)21-5-3-20(4-6-21)28-12-8-17(9-13-28)18-10-14-29(15-11-18)22-7-2-19(16-27-22)23(24,25)26/h2-7,16-18H,8-15H2,1H3. The maximum atomic E-state index is 12.7. The van der Waals surface area contributed by atoms with Crippen LogP contribution in [0.3, 0.4) is 0 Å². The minimum atomic E-state index is -4.36. The third kappa shape index (κ3) is 5.19. The Labute approximate surface area is 187 Å². The summed E-state index contributed by atoms with van der Waals surface area (Å²) < 4.78 is 61.5. The minimum Gasteiger partial charge on any atom is -0.372 e. The first-order chi connectivity index (χ1) is 15.1. The van der Waals surface area contributed by atoms with Crippen molar-refractivity contribution >= 4 is 21.3 Å². The molecule has 2 aromatic rings. The summed E-state index contributed by atoms with van der Waals surface area (Å²) in [4.78, 5) is 8.76. The third-order valence-electron chi connectivity index (χ3n) is 6.78. The van der Waals surface area contributed by atoms with Gasteiger partial charge in [0.1, 0.15) is 5.82 Å². The van der Waals surface area contributed by atoms with E-state index in [1.807, 2.05) is 12.1 Å². The zero-order chi connectivity index (χ0) is 22.9. The molecule has 32 heavy (non-hydrogen) atoms. The molecule has 2 aliphatic heterocycles. The van der Waals surface area contributed by atoms with Crippen molar-refractivity contribution in [3.8, 4) is 0 Å². The molecule has 2 aliphatic rings. The fourth-order valence-corrected chi connectivity index (χ4v) is 5.50. The number of halogens is 3. The number of pyridine rings is 1. The predicted octanol–water partition coefficient (Wildman–Crippen LogP) is 4.64. The molecule has 0 N–H and O–H groups in total. The fourth-order valence-electron chi connectivity index (χ4n) is 4.87. The number of alkyl halides is 3. The molecule has 1 aromatic carbocycles. The SMILES string of the molecule is CS(=O)(=O)c1ccc(N2CCC(C3CCN(c4ccc(C(F)(F)F)cn4)CC3)CC2)cc1. The normalized spacial score (nSPS) is 19.4. The molecule has 0 amide bonds. The van der Waals surface area contributed by atoms with E-state index in [9.17, 15) is 21.6 Å². The van der Waals surface area contributed by atoms with Crippen molar-refractivity contribution in [1.29, 1.82) is 0 Å². The first kappa shape index (κ1) is 22.9. The number of hydrogen-bond donors (Lipinski definition) is 0. The van der Waals surface area contributed by atoms with Crippen LogP contribution >= 0.6 is 0 Å². The first-order valence-corrected chi connectivity index (χ1v) is 12.8. The molecule has 2 fully saturated rings. The maximum Gasteiger partial charge on any atom is 0.417 e. The first-order valence-electron chi connectivity index (χ1n) is 10.9. The van der Waals surface area contributed by atoms with Crippen LogP contribution in [0.1, 0.15) is 31.2 Å². The Morgan fingerprint density at radius 1 is 0.844 bits per heavy atom. The molecule has 4 rings (SSSR count). The number of nitrogens with zero attached hydrogens (tertiary/aromatic N) is 3. The summed E-state index contributed by atoms with van der Waals surface area (Å²) in [6.45, 7) is 3.53. The van der Waals surface area contributed by atoms with Crippen molar-refractivity contribution in [1.82, 2.24) is 4.98 Å². The van der Waals surface area contributed by atoms with Crippen LogP contribution in [0.2, 0.25) is 0 Å². The Balaban J connectivity index is 1.27. The van der Waals surface area contributed by atoms with Gasteiger partial charge in [0.05, 0.1) is 10.5 Å². The van der Waals surface area contributed by atoms with Crippen molar-refractivity contribution in [3.63, 3.8) is 0 Å². The average molecular weight is 468 g/mol. The highest BCUT2D eigenvalue weighted by Crippen LogP contribution is 2.35. The van der Waals surface area contributed by atoms with Gasteiger partial charge in [-0.3, -0.25) is 0 Å². The van der Waals surface area contributed by atoms with Gasteiger partial charge in [0.25, 0.3) is 0 Å². The molecular formula is C23H28F3N3O2S. The summed E-state index contributed by atoms with van der Waals surface area (Å²) in [5.74, 6) is 1.88. The van der Waals surface area contributed by atoms with Gasteiger partial charge in [-0.15, -0.1) is 0 Å². The van der Waals surface area contributed by atoms with E-state index in [1.54, 1.807) is 12.1 Å². The molecule has 0 saturated carbocycles. The Hall–Kier alpha value is -2.29. The van der Waals surface area contributed by atoms with E-state index in [4.69, 9.17) is 0 Å². The molecule has 5 nitrogen and oxygen atoms in total. The zero-order valence-electron chi connectivity index (χ0n) is 18.1. The Bertz CT molecular complexity index is 1010. The fraction of sp³-hybridized carbons (Fsp3) is 0.522. The number of aromatic nitrogens is 1. The van der Waals surface area contributed by atoms with Crippen LogP contribution in [0, 0.1) is 11.8 Å². The largest absolute Gasteiger partial charge is 0.417 e. The zero-order valence-corrected chi connectivity index (χ0v) is 18.9. The molecule has 174 valence electrons. The second-order valence-electron chi connectivity index (χ2n) is 8.82. The van der Waals surface area contributed by atoms with Gasteiger partial charge >= 0.3 is 6.18 Å². The summed E-state index contributed by atoms with van der Waals surface area (Å²) >= 11 is 0. The molecule has 2 saturated heterocycles. The summed E-state index contributed by atoms with van der Waals surface area (Å²) in [5, 5.41) is 0. The number of hydrogen-bond acceptors (Lipinski definition) is 5. The second-order valence-corrected chi connectivity index (χ2v) is 10.8. The van der Waals surface area contributed by atoms with E-state index in [0.29, 0.717) is 22.5 Å². The summed E-state index contributed by atoms with van der Waals surface area (Å²) in [6.07, 6.45) is 2.01. The van der Waals surface area contributed by atoms with E-state index in [-0.39, 0.29) is 0 Å². The lowest BCUT2D eigenvalue weighted by molar-refractivity contribution is -0.137. The average Bonchev–Trinajstić information content (AvgIpc) is 2.78. The van der Waals surface area contributed by atoms with Crippen molar-refractivity contribution in [3.05, 3.63) is 48.2 Å². The van der Waals surface area contributed by atoms with Crippen molar-refractivity contribution in [2.24, 2.45) is 11.8 Å². The van der Waals surface area contributed by atoms with Gasteiger partial charge in [0.2, 0.25) is 0 Å². The highest BCUT2D eigenvalue weighted by atomic mass is 32.2. The van der Waals surface area contributed by atoms with Crippen LogP contribution in [-0.4, -0.2) is 45.8 Å². The molecule has 9 heteroatoms. The van der Waals surface area contributed by atoms with Gasteiger partial charge < -0.3 is 9.80 Å². The number of sulfone groups is 1. The minimum absolute atomic E-state index is 0.338. The van der Waals surface area contributed by atoms with Gasteiger partial charge in [0.15, 0.2) is 9.84 Å². The molecule has 3 heterocycles. The van der Waals surface area contributed by atoms with Crippen molar-refractivity contribution in [2.75, 3.05) is 42.2 Å². The summed E-state index contributed by atoms with van der Waals surface area (Å²) in [5.41, 5.74) is 0.341. The number of anilines is 2. The number of piperidine rings is 2. The van der Waals surface area contributed by atoms with E-state index >= 15 is 0 Å².